The van der Waals surface area contributed by atoms with E-state index < -0.39 is 8.38 Å². The van der Waals surface area contributed by atoms with Crippen molar-refractivity contribution in [2.24, 2.45) is 10.9 Å². The lowest BCUT2D eigenvalue weighted by molar-refractivity contribution is 0.355. The molecule has 2 aromatic rings. The molecule has 2 N–H and O–H groups in total. The second-order valence-corrected chi connectivity index (χ2v) is 8.99. The first kappa shape index (κ1) is 24.8. The van der Waals surface area contributed by atoms with Crippen LogP contribution < -0.4 is 14.4 Å². The quantitative estimate of drug-likeness (QED) is 0.303. The Morgan fingerprint density at radius 3 is 2.52 bits per heavy atom. The Balaban J connectivity index is 1.98. The fourth-order valence-corrected chi connectivity index (χ4v) is 4.54. The van der Waals surface area contributed by atoms with Gasteiger partial charge in [-0.05, 0) is 55.7 Å². The third-order valence-corrected chi connectivity index (χ3v) is 6.41. The SMILES string of the molecule is C=CC(/C=C/c1nc(N2CCC(CCP(O)O)CC2)c2cc(OC)c(OC)cc2n1)=C\N=C. The van der Waals surface area contributed by atoms with Crippen molar-refractivity contribution in [2.45, 2.75) is 19.3 Å². The highest BCUT2D eigenvalue weighted by Crippen LogP contribution is 2.37. The average molecular weight is 471 g/mol. The van der Waals surface area contributed by atoms with Crippen molar-refractivity contribution in [2.75, 3.05) is 38.4 Å². The van der Waals surface area contributed by atoms with Gasteiger partial charge in [-0.15, -0.1) is 0 Å². The number of benzene rings is 1. The molecule has 176 valence electrons. The van der Waals surface area contributed by atoms with Crippen molar-refractivity contribution in [3.63, 3.8) is 0 Å². The van der Waals surface area contributed by atoms with E-state index in [-0.39, 0.29) is 0 Å². The number of fused-ring (bicyclic) bond motifs is 1. The molecule has 33 heavy (non-hydrogen) atoms. The molecule has 1 fully saturated rings. The monoisotopic (exact) mass is 470 g/mol. The summed E-state index contributed by atoms with van der Waals surface area (Å²) in [6.45, 7) is 8.95. The number of piperidine rings is 1. The van der Waals surface area contributed by atoms with E-state index in [9.17, 15) is 9.79 Å². The van der Waals surface area contributed by atoms with E-state index in [0.29, 0.717) is 29.4 Å². The molecule has 0 radical (unpaired) electrons. The summed E-state index contributed by atoms with van der Waals surface area (Å²) in [5, 5.41) is 0.893. The van der Waals surface area contributed by atoms with Gasteiger partial charge in [-0.3, -0.25) is 4.99 Å². The van der Waals surface area contributed by atoms with Crippen LogP contribution in [0.4, 0.5) is 5.82 Å². The Bertz CT molecular complexity index is 1050. The van der Waals surface area contributed by atoms with Crippen LogP contribution in [0.3, 0.4) is 0 Å². The number of rotatable bonds is 10. The van der Waals surface area contributed by atoms with Gasteiger partial charge in [0, 0.05) is 36.9 Å². The van der Waals surface area contributed by atoms with Crippen LogP contribution in [-0.2, 0) is 0 Å². The van der Waals surface area contributed by atoms with E-state index in [1.165, 1.54) is 0 Å². The lowest BCUT2D eigenvalue weighted by atomic mass is 9.94. The van der Waals surface area contributed by atoms with E-state index >= 15 is 0 Å². The molecule has 1 aliphatic heterocycles. The molecule has 0 bridgehead atoms. The zero-order valence-corrected chi connectivity index (χ0v) is 20.0. The van der Waals surface area contributed by atoms with Gasteiger partial charge in [0.15, 0.2) is 25.7 Å². The number of anilines is 1. The number of hydrogen-bond acceptors (Lipinski definition) is 8. The van der Waals surface area contributed by atoms with E-state index in [1.54, 1.807) is 26.5 Å². The first-order valence-corrected chi connectivity index (χ1v) is 12.2. The maximum Gasteiger partial charge on any atom is 0.164 e. The van der Waals surface area contributed by atoms with E-state index in [1.807, 2.05) is 24.3 Å². The predicted molar refractivity (Wildman–Crippen MR) is 135 cm³/mol. The van der Waals surface area contributed by atoms with Gasteiger partial charge in [-0.2, -0.15) is 0 Å². The highest BCUT2D eigenvalue weighted by molar-refractivity contribution is 7.45. The summed E-state index contributed by atoms with van der Waals surface area (Å²) in [6, 6.07) is 3.79. The van der Waals surface area contributed by atoms with E-state index in [2.05, 4.69) is 23.2 Å². The second-order valence-electron chi connectivity index (χ2n) is 7.79. The van der Waals surface area contributed by atoms with Crippen LogP contribution >= 0.6 is 8.38 Å². The average Bonchev–Trinajstić information content (AvgIpc) is 2.84. The van der Waals surface area contributed by atoms with E-state index in [0.717, 1.165) is 54.6 Å². The van der Waals surface area contributed by atoms with Gasteiger partial charge in [-0.1, -0.05) is 12.7 Å². The van der Waals surface area contributed by atoms with Gasteiger partial charge in [-0.25, -0.2) is 9.97 Å². The van der Waals surface area contributed by atoms with Gasteiger partial charge in [0.25, 0.3) is 0 Å². The van der Waals surface area contributed by atoms with Crippen molar-refractivity contribution in [3.05, 3.63) is 48.5 Å². The molecule has 0 atom stereocenters. The van der Waals surface area contributed by atoms with Gasteiger partial charge in [0.2, 0.25) is 0 Å². The van der Waals surface area contributed by atoms with Crippen molar-refractivity contribution in [1.82, 2.24) is 9.97 Å². The molecule has 9 heteroatoms. The summed E-state index contributed by atoms with van der Waals surface area (Å²) in [4.78, 5) is 34.1. The van der Waals surface area contributed by atoms with Crippen LogP contribution in [0.2, 0.25) is 0 Å². The number of aliphatic imine (C=N–C) groups is 1. The first-order chi connectivity index (χ1) is 16.0. The maximum atomic E-state index is 9.24. The molecule has 8 nitrogen and oxygen atoms in total. The summed E-state index contributed by atoms with van der Waals surface area (Å²) in [7, 11) is 1.39. The highest BCUT2D eigenvalue weighted by atomic mass is 31.2. The maximum absolute atomic E-state index is 9.24. The van der Waals surface area contributed by atoms with E-state index in [4.69, 9.17) is 19.4 Å². The van der Waals surface area contributed by atoms with Gasteiger partial charge in [0.05, 0.1) is 19.7 Å². The smallest absolute Gasteiger partial charge is 0.164 e. The molecule has 0 spiro atoms. The van der Waals surface area contributed by atoms with Crippen LogP contribution in [0, 0.1) is 5.92 Å². The molecule has 1 aromatic carbocycles. The molecule has 1 aromatic heterocycles. The second kappa shape index (κ2) is 11.9. The molecular formula is C24H31N4O4P. The molecule has 1 saturated heterocycles. The first-order valence-electron chi connectivity index (χ1n) is 10.8. The Kier molecular flexibility index (Phi) is 8.95. The number of methoxy groups -OCH3 is 2. The molecule has 3 rings (SSSR count). The van der Waals surface area contributed by atoms with Gasteiger partial charge >= 0.3 is 0 Å². The number of hydrogen-bond donors (Lipinski definition) is 2. The molecule has 1 aliphatic rings. The lowest BCUT2D eigenvalue weighted by Crippen LogP contribution is -2.34. The summed E-state index contributed by atoms with van der Waals surface area (Å²) >= 11 is 0. The minimum absolute atomic E-state index is 0.473. The third-order valence-electron chi connectivity index (χ3n) is 5.75. The van der Waals surface area contributed by atoms with Gasteiger partial charge < -0.3 is 24.2 Å². The van der Waals surface area contributed by atoms with Crippen molar-refractivity contribution in [3.8, 4) is 11.5 Å². The van der Waals surface area contributed by atoms with Crippen LogP contribution in [-0.4, -0.2) is 59.9 Å². The molecule has 2 heterocycles. The molecule has 0 saturated carbocycles. The van der Waals surface area contributed by atoms with Crippen molar-refractivity contribution in [1.29, 1.82) is 0 Å². The molecule has 0 amide bonds. The van der Waals surface area contributed by atoms with Crippen molar-refractivity contribution >= 4 is 37.9 Å². The van der Waals surface area contributed by atoms with Crippen LogP contribution in [0.15, 0.2) is 47.6 Å². The minimum Gasteiger partial charge on any atom is -0.493 e. The largest absolute Gasteiger partial charge is 0.493 e. The number of aromatic nitrogens is 2. The fourth-order valence-electron chi connectivity index (χ4n) is 3.94. The number of allylic oxidation sites excluding steroid dienone is 3. The highest BCUT2D eigenvalue weighted by Gasteiger charge is 2.23. The summed E-state index contributed by atoms with van der Waals surface area (Å²) in [6.07, 6.45) is 10.2. The Labute approximate surface area is 195 Å². The fraction of sp³-hybridized carbons (Fsp3) is 0.375. The van der Waals surface area contributed by atoms with Crippen molar-refractivity contribution < 1.29 is 19.3 Å². The molecular weight excluding hydrogens is 439 g/mol. The predicted octanol–water partition coefficient (Wildman–Crippen LogP) is 4.33. The number of nitrogens with zero attached hydrogens (tertiary/aromatic N) is 4. The summed E-state index contributed by atoms with van der Waals surface area (Å²) < 4.78 is 11.0. The standard InChI is InChI=1S/C24H31N4O4P/c1-5-17(16-25-2)6-7-23-26-20-15-22(32-4)21(31-3)14-19(20)24(27-23)28-11-8-18(9-12-28)10-13-33(29)30/h5-7,14-16,18,29-30H,1-2,8-13H2,3-4H3/b7-6+,17-16+. The Hall–Kier alpha value is -2.80. The summed E-state index contributed by atoms with van der Waals surface area (Å²) in [5.74, 6) is 3.13. The van der Waals surface area contributed by atoms with Crippen LogP contribution in [0.1, 0.15) is 25.1 Å². The normalized spacial score (nSPS) is 15.4. The zero-order chi connectivity index (χ0) is 23.8. The molecule has 0 unspecified atom stereocenters. The number of ether oxygens (including phenoxy) is 2. The topological polar surface area (TPSA) is 100 Å². The van der Waals surface area contributed by atoms with Crippen LogP contribution in [0.5, 0.6) is 11.5 Å². The lowest BCUT2D eigenvalue weighted by Gasteiger charge is -2.33. The minimum atomic E-state index is -1.82. The summed E-state index contributed by atoms with van der Waals surface area (Å²) in [5.41, 5.74) is 1.56. The van der Waals surface area contributed by atoms with Crippen LogP contribution in [0.25, 0.3) is 17.0 Å². The Morgan fingerprint density at radius 1 is 1.21 bits per heavy atom. The zero-order valence-electron chi connectivity index (χ0n) is 19.1. The molecule has 0 aliphatic carbocycles. The third kappa shape index (κ3) is 6.38. The Morgan fingerprint density at radius 2 is 1.91 bits per heavy atom. The van der Waals surface area contributed by atoms with Gasteiger partial charge in [0.1, 0.15) is 5.82 Å².